The van der Waals surface area contributed by atoms with Crippen LogP contribution in [0, 0.1) is 25.1 Å². The predicted molar refractivity (Wildman–Crippen MR) is 161 cm³/mol. The number of nitrogens with zero attached hydrogens (tertiary/aromatic N) is 4. The third kappa shape index (κ3) is 7.00. The highest BCUT2D eigenvalue weighted by molar-refractivity contribution is 5.73. The van der Waals surface area contributed by atoms with Crippen LogP contribution in [0.4, 0.5) is 10.1 Å². The zero-order valence-corrected chi connectivity index (χ0v) is 23.8. The quantitative estimate of drug-likeness (QED) is 0.177. The van der Waals surface area contributed by atoms with E-state index in [2.05, 4.69) is 51.1 Å². The van der Waals surface area contributed by atoms with Gasteiger partial charge in [0.2, 0.25) is 0 Å². The Bertz CT molecular complexity index is 1640. The Kier molecular flexibility index (Phi) is 10.3. The monoisotopic (exact) mass is 538 g/mol. The third-order valence-electron chi connectivity index (χ3n) is 6.14. The Hall–Kier alpha value is -4.77. The number of hydrogen-bond donors (Lipinski definition) is 2. The maximum absolute atomic E-state index is 14.5. The van der Waals surface area contributed by atoms with Gasteiger partial charge in [-0.25, -0.2) is 9.18 Å². The Morgan fingerprint density at radius 2 is 1.73 bits per heavy atom. The average molecular weight is 539 g/mol. The van der Waals surface area contributed by atoms with Crippen molar-refractivity contribution in [1.29, 1.82) is 0 Å². The van der Waals surface area contributed by atoms with Crippen LogP contribution in [0.5, 0.6) is 0 Å². The van der Waals surface area contributed by atoms with Crippen LogP contribution in [0.2, 0.25) is 0 Å². The maximum atomic E-state index is 14.5. The number of para-hydroxylation sites is 2. The highest BCUT2D eigenvalue weighted by Gasteiger charge is 2.14. The summed E-state index contributed by atoms with van der Waals surface area (Å²) in [5, 5.41) is 12.0. The van der Waals surface area contributed by atoms with Crippen LogP contribution < -0.4 is 5.69 Å². The van der Waals surface area contributed by atoms with E-state index in [9.17, 15) is 9.18 Å². The summed E-state index contributed by atoms with van der Waals surface area (Å²) in [6.07, 6.45) is 7.28. The number of nitrogens with one attached hydrogen (secondary N) is 2. The van der Waals surface area contributed by atoms with Crippen LogP contribution in [-0.2, 0) is 6.54 Å². The molecule has 0 saturated heterocycles. The molecule has 5 rings (SSSR count). The molecule has 0 aliphatic carbocycles. The number of benzene rings is 3. The van der Waals surface area contributed by atoms with Crippen LogP contribution in [0.3, 0.4) is 0 Å². The lowest BCUT2D eigenvalue weighted by molar-refractivity contribution is 0.626. The number of aromatic amines is 2. The second-order valence-corrected chi connectivity index (χ2v) is 9.14. The molecule has 0 atom stereocenters. The largest absolute Gasteiger partial charge is 0.323 e. The lowest BCUT2D eigenvalue weighted by Crippen LogP contribution is -2.07. The first-order valence-corrected chi connectivity index (χ1v) is 13.2. The molecule has 206 valence electrons. The van der Waals surface area contributed by atoms with E-state index in [-0.39, 0.29) is 11.4 Å². The van der Waals surface area contributed by atoms with E-state index in [1.807, 2.05) is 74.0 Å². The number of fused-ring (bicyclic) bond motifs is 1. The zero-order valence-electron chi connectivity index (χ0n) is 23.8. The van der Waals surface area contributed by atoms with Crippen molar-refractivity contribution in [2.24, 2.45) is 10.2 Å². The van der Waals surface area contributed by atoms with Crippen molar-refractivity contribution in [1.82, 2.24) is 19.7 Å². The zero-order chi connectivity index (χ0) is 29.2. The summed E-state index contributed by atoms with van der Waals surface area (Å²) in [5.74, 6) is 2.63. The molecule has 0 bridgehead atoms. The molecule has 0 radical (unpaired) electrons. The number of terminal acetylenes is 1. The molecule has 0 fully saturated rings. The molecular formula is C32H35FN6O. The highest BCUT2D eigenvalue weighted by atomic mass is 19.1. The molecule has 7 nitrogen and oxygen atoms in total. The Balaban J connectivity index is 0.000000304. The van der Waals surface area contributed by atoms with E-state index in [1.54, 1.807) is 6.20 Å². The second-order valence-electron chi connectivity index (χ2n) is 9.14. The minimum atomic E-state index is -0.394. The smallest absolute Gasteiger partial charge is 0.306 e. The minimum Gasteiger partial charge on any atom is -0.306 e. The number of azo groups is 1. The van der Waals surface area contributed by atoms with Gasteiger partial charge in [-0.1, -0.05) is 51.8 Å². The van der Waals surface area contributed by atoms with Crippen LogP contribution in [0.25, 0.3) is 22.3 Å². The SMILES string of the molecule is C#Cc1ccc(Cn2nccc2-c2cc(C)c(N=NC)c(F)c2)c(C(C)C)c1.CC.O=c1[nH]c2ccccc2[nH]1. The molecule has 2 N–H and O–H groups in total. The number of imidazole rings is 1. The van der Waals surface area contributed by atoms with E-state index in [0.717, 1.165) is 39.0 Å². The molecule has 40 heavy (non-hydrogen) atoms. The Morgan fingerprint density at radius 1 is 1.05 bits per heavy atom. The molecule has 0 aliphatic heterocycles. The topological polar surface area (TPSA) is 91.2 Å². The molecule has 5 aromatic rings. The first-order chi connectivity index (χ1) is 19.3. The fourth-order valence-electron chi connectivity index (χ4n) is 4.32. The first kappa shape index (κ1) is 29.8. The number of H-pyrrole nitrogens is 2. The van der Waals surface area contributed by atoms with Crippen LogP contribution in [-0.4, -0.2) is 26.8 Å². The van der Waals surface area contributed by atoms with Gasteiger partial charge in [0.25, 0.3) is 0 Å². The van der Waals surface area contributed by atoms with Crippen molar-refractivity contribution >= 4 is 16.7 Å². The first-order valence-electron chi connectivity index (χ1n) is 13.2. The van der Waals surface area contributed by atoms with E-state index in [0.29, 0.717) is 12.5 Å². The number of hydrogen-bond acceptors (Lipinski definition) is 4. The summed E-state index contributed by atoms with van der Waals surface area (Å²) in [6, 6.07) is 18.8. The summed E-state index contributed by atoms with van der Waals surface area (Å²) >= 11 is 0. The molecule has 8 heteroatoms. The van der Waals surface area contributed by atoms with Gasteiger partial charge in [0.15, 0.2) is 5.82 Å². The van der Waals surface area contributed by atoms with E-state index in [4.69, 9.17) is 6.42 Å². The maximum Gasteiger partial charge on any atom is 0.323 e. The fraction of sp³-hybridized carbons (Fsp3) is 0.250. The molecule has 0 unspecified atom stereocenters. The number of rotatable bonds is 5. The highest BCUT2D eigenvalue weighted by Crippen LogP contribution is 2.31. The summed E-state index contributed by atoms with van der Waals surface area (Å²) in [5.41, 5.74) is 7.36. The van der Waals surface area contributed by atoms with Gasteiger partial charge in [0, 0.05) is 24.4 Å². The minimum absolute atomic E-state index is 0.152. The van der Waals surface area contributed by atoms with Crippen LogP contribution >= 0.6 is 0 Å². The normalized spacial score (nSPS) is 10.7. The van der Waals surface area contributed by atoms with E-state index >= 15 is 0 Å². The predicted octanol–water partition coefficient (Wildman–Crippen LogP) is 7.75. The lowest BCUT2D eigenvalue weighted by atomic mass is 9.95. The molecular weight excluding hydrogens is 503 g/mol. The molecule has 2 aromatic heterocycles. The molecule has 2 heterocycles. The fourth-order valence-corrected chi connectivity index (χ4v) is 4.32. The van der Waals surface area contributed by atoms with Gasteiger partial charge in [0.1, 0.15) is 5.69 Å². The van der Waals surface area contributed by atoms with Gasteiger partial charge in [-0.2, -0.15) is 15.3 Å². The van der Waals surface area contributed by atoms with E-state index < -0.39 is 5.82 Å². The summed E-state index contributed by atoms with van der Waals surface area (Å²) < 4.78 is 16.4. The molecule has 0 aliphatic rings. The number of aromatic nitrogens is 4. The molecule has 0 saturated carbocycles. The standard InChI is InChI=1S/C23H23FN4.C7H6N2O.C2H6/c1-6-17-7-8-18(20(12-17)15(2)3)14-28-22(9-10-26-28)19-11-16(4)23(27-25-5)21(24)13-19;10-7-8-5-3-1-2-4-6(5)9-7;1-2/h1,7-13,15H,14H2,2-5H3;1-4H,(H2,8,9,10);1-2H3. The van der Waals surface area contributed by atoms with Crippen LogP contribution in [0.1, 0.15) is 55.9 Å². The van der Waals surface area contributed by atoms with Crippen molar-refractivity contribution in [2.75, 3.05) is 7.05 Å². The third-order valence-corrected chi connectivity index (χ3v) is 6.14. The lowest BCUT2D eigenvalue weighted by Gasteiger charge is -2.15. The van der Waals surface area contributed by atoms with Gasteiger partial charge in [-0.3, -0.25) is 4.68 Å². The van der Waals surface area contributed by atoms with Crippen molar-refractivity contribution < 1.29 is 4.39 Å². The van der Waals surface area contributed by atoms with Gasteiger partial charge < -0.3 is 9.97 Å². The van der Waals surface area contributed by atoms with Crippen molar-refractivity contribution in [2.45, 2.75) is 47.1 Å². The Morgan fingerprint density at radius 3 is 2.30 bits per heavy atom. The summed E-state index contributed by atoms with van der Waals surface area (Å²) in [7, 11) is 1.53. The van der Waals surface area contributed by atoms with Gasteiger partial charge in [-0.15, -0.1) is 6.42 Å². The second kappa shape index (κ2) is 13.9. The van der Waals surface area contributed by atoms with Gasteiger partial charge >= 0.3 is 5.69 Å². The van der Waals surface area contributed by atoms with Gasteiger partial charge in [-0.05, 0) is 72.0 Å². The van der Waals surface area contributed by atoms with Crippen LogP contribution in [0.15, 0.2) is 81.9 Å². The number of halogens is 1. The molecule has 0 spiro atoms. The molecule has 3 aromatic carbocycles. The van der Waals surface area contributed by atoms with E-state index in [1.165, 1.54) is 18.7 Å². The summed E-state index contributed by atoms with van der Waals surface area (Å²) in [4.78, 5) is 16.0. The van der Waals surface area contributed by atoms with Crippen molar-refractivity contribution in [3.05, 3.63) is 105 Å². The number of aryl methyl sites for hydroxylation is 1. The average Bonchev–Trinajstić information content (AvgIpc) is 3.57. The van der Waals surface area contributed by atoms with Gasteiger partial charge in [0.05, 0.1) is 23.3 Å². The Labute approximate surface area is 234 Å². The van der Waals surface area contributed by atoms with Crippen molar-refractivity contribution in [3.8, 4) is 23.6 Å². The van der Waals surface area contributed by atoms with Crippen molar-refractivity contribution in [3.63, 3.8) is 0 Å². The summed E-state index contributed by atoms with van der Waals surface area (Å²) in [6.45, 7) is 10.7. The molecule has 0 amide bonds.